The number of hydrogen-bond donors (Lipinski definition) is 4. The third-order valence-electron chi connectivity index (χ3n) is 8.65. The molecule has 2 aromatic heterocycles. The molecule has 3 aliphatic rings. The number of aromatic nitrogens is 4. The van der Waals surface area contributed by atoms with E-state index in [1.165, 1.54) is 29.3 Å². The Morgan fingerprint density at radius 1 is 0.927 bits per heavy atom. The van der Waals surface area contributed by atoms with Gasteiger partial charge in [0.05, 0.1) is 11.3 Å². The molecule has 1 saturated heterocycles. The average molecular weight is 624 g/mol. The number of anilines is 2. The van der Waals surface area contributed by atoms with Crippen LogP contribution < -0.4 is 16.4 Å². The van der Waals surface area contributed by atoms with Crippen LogP contribution in [0.1, 0.15) is 70.3 Å². The van der Waals surface area contributed by atoms with Crippen LogP contribution in [0.2, 0.25) is 10.0 Å². The first-order chi connectivity index (χ1) is 19.7. The predicted molar refractivity (Wildman–Crippen MR) is 160 cm³/mol. The highest BCUT2D eigenvalue weighted by molar-refractivity contribution is 7.89. The van der Waals surface area contributed by atoms with Crippen LogP contribution in [0, 0.1) is 0 Å². The molecule has 2 saturated carbocycles. The molecule has 0 radical (unpaired) electrons. The number of phenolic OH excluding ortho intramolecular Hbond substituents is 1. The zero-order valence-corrected chi connectivity index (χ0v) is 25.1. The fourth-order valence-corrected chi connectivity index (χ4v) is 8.50. The van der Waals surface area contributed by atoms with E-state index in [0.717, 1.165) is 49.7 Å². The van der Waals surface area contributed by atoms with Crippen molar-refractivity contribution in [2.45, 2.75) is 93.3 Å². The topological polar surface area (TPSA) is 151 Å². The first-order valence-electron chi connectivity index (χ1n) is 14.4. The number of halogens is 2. The third-order valence-corrected chi connectivity index (χ3v) is 11.1. The summed E-state index contributed by atoms with van der Waals surface area (Å²) in [6.07, 6.45) is 11.5. The Morgan fingerprint density at radius 2 is 1.61 bits per heavy atom. The molecule has 3 fully saturated rings. The van der Waals surface area contributed by atoms with E-state index in [2.05, 4.69) is 15.2 Å². The Balaban J connectivity index is 1.21. The van der Waals surface area contributed by atoms with Gasteiger partial charge in [0.1, 0.15) is 4.90 Å². The van der Waals surface area contributed by atoms with Crippen molar-refractivity contribution in [1.82, 2.24) is 23.8 Å². The molecule has 0 unspecified atom stereocenters. The molecule has 0 atom stereocenters. The molecule has 11 nitrogen and oxygen atoms in total. The lowest BCUT2D eigenvalue weighted by Crippen LogP contribution is -2.42. The van der Waals surface area contributed by atoms with Crippen LogP contribution in [-0.4, -0.2) is 68.6 Å². The number of nitrogens with zero attached hydrogens (tertiary/aromatic N) is 5. The van der Waals surface area contributed by atoms with E-state index in [1.807, 2.05) is 6.33 Å². The summed E-state index contributed by atoms with van der Waals surface area (Å²) in [7, 11) is -3.98. The Morgan fingerprint density at radius 3 is 2.32 bits per heavy atom. The highest BCUT2D eigenvalue weighted by Crippen LogP contribution is 2.37. The van der Waals surface area contributed by atoms with Crippen LogP contribution >= 0.6 is 23.2 Å². The quantitative estimate of drug-likeness (QED) is 0.288. The Labute approximate surface area is 249 Å². The maximum Gasteiger partial charge on any atom is 0.246 e. The number of piperidine rings is 1. The Kier molecular flexibility index (Phi) is 8.21. The highest BCUT2D eigenvalue weighted by atomic mass is 35.5. The Bertz CT molecular complexity index is 1510. The maximum absolute atomic E-state index is 13.3. The molecule has 2 aliphatic carbocycles. The van der Waals surface area contributed by atoms with Crippen LogP contribution in [0.25, 0.3) is 11.2 Å². The van der Waals surface area contributed by atoms with Crippen molar-refractivity contribution in [2.75, 3.05) is 23.7 Å². The molecule has 0 bridgehead atoms. The SMILES string of the molecule is NC1CCC(Nc2nc(NC3CCN(S(=O)(=O)c4cc(Cl)cc(Cl)c4O)CC3)c3ncn(C4CCCC4)c3n2)CC1. The minimum Gasteiger partial charge on any atom is -0.505 e. The van der Waals surface area contributed by atoms with Crippen molar-refractivity contribution < 1.29 is 13.5 Å². The van der Waals surface area contributed by atoms with E-state index in [9.17, 15) is 13.5 Å². The first-order valence-corrected chi connectivity index (χ1v) is 16.6. The van der Waals surface area contributed by atoms with Gasteiger partial charge in [-0.25, -0.2) is 13.4 Å². The molecule has 1 aromatic carbocycles. The molecule has 0 spiro atoms. The fraction of sp³-hybridized carbons (Fsp3) is 0.593. The van der Waals surface area contributed by atoms with Crippen LogP contribution in [-0.2, 0) is 10.0 Å². The molecule has 6 rings (SSSR count). The lowest BCUT2D eigenvalue weighted by atomic mass is 9.92. The number of phenols is 1. The molecule has 3 heterocycles. The van der Waals surface area contributed by atoms with Gasteiger partial charge in [-0.05, 0) is 63.5 Å². The summed E-state index contributed by atoms with van der Waals surface area (Å²) in [5.74, 6) is 0.744. The van der Waals surface area contributed by atoms with Gasteiger partial charge in [-0.2, -0.15) is 14.3 Å². The zero-order valence-electron chi connectivity index (χ0n) is 22.8. The smallest absolute Gasteiger partial charge is 0.246 e. The molecule has 5 N–H and O–H groups in total. The molecule has 41 heavy (non-hydrogen) atoms. The summed E-state index contributed by atoms with van der Waals surface area (Å²) < 4.78 is 30.2. The van der Waals surface area contributed by atoms with Crippen LogP contribution in [0.15, 0.2) is 23.4 Å². The van der Waals surface area contributed by atoms with Crippen molar-refractivity contribution in [2.24, 2.45) is 5.73 Å². The molecular weight excluding hydrogens is 587 g/mol. The predicted octanol–water partition coefficient (Wildman–Crippen LogP) is 4.90. The summed E-state index contributed by atoms with van der Waals surface area (Å²) in [6.45, 7) is 0.531. The molecule has 1 aliphatic heterocycles. The second kappa shape index (κ2) is 11.7. The van der Waals surface area contributed by atoms with E-state index in [-0.39, 0.29) is 46.2 Å². The zero-order chi connectivity index (χ0) is 28.7. The largest absolute Gasteiger partial charge is 0.505 e. The normalized spacial score (nSPS) is 23.3. The van der Waals surface area contributed by atoms with Gasteiger partial charge in [0.15, 0.2) is 22.7 Å². The number of fused-ring (bicyclic) bond motifs is 1. The van der Waals surface area contributed by atoms with Crippen molar-refractivity contribution in [3.05, 3.63) is 28.5 Å². The number of imidazole rings is 1. The Hall–Kier alpha value is -2.38. The van der Waals surface area contributed by atoms with Gasteiger partial charge in [0.25, 0.3) is 0 Å². The summed E-state index contributed by atoms with van der Waals surface area (Å²) >= 11 is 12.0. The monoisotopic (exact) mass is 622 g/mol. The van der Waals surface area contributed by atoms with Crippen LogP contribution in [0.5, 0.6) is 5.75 Å². The number of rotatable bonds is 7. The van der Waals surface area contributed by atoms with E-state index in [0.29, 0.717) is 30.6 Å². The lowest BCUT2D eigenvalue weighted by molar-refractivity contribution is 0.328. The van der Waals surface area contributed by atoms with E-state index in [1.54, 1.807) is 0 Å². The van der Waals surface area contributed by atoms with Gasteiger partial charge >= 0.3 is 0 Å². The van der Waals surface area contributed by atoms with Crippen LogP contribution in [0.3, 0.4) is 0 Å². The van der Waals surface area contributed by atoms with E-state index in [4.69, 9.17) is 43.9 Å². The molecule has 3 aromatic rings. The van der Waals surface area contributed by atoms with E-state index >= 15 is 0 Å². The summed E-state index contributed by atoms with van der Waals surface area (Å²) in [6, 6.07) is 3.44. The van der Waals surface area contributed by atoms with Gasteiger partial charge in [-0.15, -0.1) is 0 Å². The summed E-state index contributed by atoms with van der Waals surface area (Å²) in [4.78, 5) is 14.2. The van der Waals surface area contributed by atoms with Crippen molar-refractivity contribution in [3.8, 4) is 5.75 Å². The molecular formula is C27H36Cl2N8O3S. The minimum absolute atomic E-state index is 0.0201. The number of benzene rings is 1. The van der Waals surface area contributed by atoms with Gasteiger partial charge in [0.2, 0.25) is 16.0 Å². The standard InChI is InChI=1S/C27H36Cl2N8O3S/c28-16-13-21(29)24(38)22(14-16)41(39,40)36-11-9-19(10-12-36)32-25-23-26(37(15-31-23)20-3-1-2-4-20)35-27(34-25)33-18-7-5-17(30)6-8-18/h13-15,17-20,38H,1-12,30H2,(H2,32,33,34,35). The van der Waals surface area contributed by atoms with Crippen LogP contribution in [0.4, 0.5) is 11.8 Å². The number of sulfonamides is 1. The molecule has 0 amide bonds. The number of nitrogens with two attached hydrogens (primary N) is 1. The highest BCUT2D eigenvalue weighted by Gasteiger charge is 2.33. The number of nitrogens with one attached hydrogen (secondary N) is 2. The second-order valence-electron chi connectivity index (χ2n) is 11.5. The first kappa shape index (κ1) is 28.7. The average Bonchev–Trinajstić information content (AvgIpc) is 3.63. The van der Waals surface area contributed by atoms with Crippen molar-refractivity contribution in [3.63, 3.8) is 0 Å². The molecule has 222 valence electrons. The maximum atomic E-state index is 13.3. The number of aromatic hydroxyl groups is 1. The minimum atomic E-state index is -3.98. The number of hydrogen-bond acceptors (Lipinski definition) is 9. The van der Waals surface area contributed by atoms with Gasteiger partial charge in [-0.1, -0.05) is 36.0 Å². The fourth-order valence-electron chi connectivity index (χ4n) is 6.29. The summed E-state index contributed by atoms with van der Waals surface area (Å²) in [5, 5.41) is 17.5. The van der Waals surface area contributed by atoms with Gasteiger partial charge in [0, 0.05) is 42.3 Å². The van der Waals surface area contributed by atoms with Crippen molar-refractivity contribution >= 4 is 56.2 Å². The van der Waals surface area contributed by atoms with E-state index < -0.39 is 15.8 Å². The van der Waals surface area contributed by atoms with Gasteiger partial charge < -0.3 is 26.0 Å². The second-order valence-corrected chi connectivity index (χ2v) is 14.2. The summed E-state index contributed by atoms with van der Waals surface area (Å²) in [5.41, 5.74) is 7.65. The lowest BCUT2D eigenvalue weighted by Gasteiger charge is -2.32. The van der Waals surface area contributed by atoms with Gasteiger partial charge in [-0.3, -0.25) is 0 Å². The van der Waals surface area contributed by atoms with Crippen molar-refractivity contribution in [1.29, 1.82) is 0 Å². The third kappa shape index (κ3) is 5.94. The molecule has 14 heteroatoms.